The number of anilines is 1. The molecular weight excluding hydrogens is 192 g/mol. The highest BCUT2D eigenvalue weighted by Crippen LogP contribution is 2.17. The molecule has 1 aromatic carbocycles. The molecule has 0 unspecified atom stereocenters. The molecule has 0 amide bonds. The Morgan fingerprint density at radius 3 is 2.93 bits per heavy atom. The molecule has 0 aromatic heterocycles. The largest absolute Gasteiger partial charge is 0.478 e. The van der Waals surface area contributed by atoms with Crippen LogP contribution in [0.2, 0.25) is 0 Å². The van der Waals surface area contributed by atoms with Gasteiger partial charge in [-0.25, -0.2) is 4.79 Å². The van der Waals surface area contributed by atoms with Gasteiger partial charge >= 0.3 is 5.97 Å². The number of nitriles is 1. The standard InChI is InChI=1S/C11H10N2O2/c1-8-3-2-4-10(9(8)7-12)13-6-5-11(14)15/h2-6,13H,1H3,(H,14,15)/b6-5+. The molecule has 0 aliphatic carbocycles. The number of rotatable bonds is 3. The molecule has 0 aliphatic heterocycles. The van der Waals surface area contributed by atoms with Crippen LogP contribution in [0.15, 0.2) is 30.5 Å². The fourth-order valence-corrected chi connectivity index (χ4v) is 1.14. The molecular formula is C11H10N2O2. The van der Waals surface area contributed by atoms with Crippen molar-refractivity contribution in [3.8, 4) is 6.07 Å². The molecule has 76 valence electrons. The molecule has 0 aliphatic rings. The molecule has 1 aromatic rings. The number of benzene rings is 1. The van der Waals surface area contributed by atoms with E-state index in [1.165, 1.54) is 6.20 Å². The zero-order valence-electron chi connectivity index (χ0n) is 8.19. The summed E-state index contributed by atoms with van der Waals surface area (Å²) in [5.41, 5.74) is 1.98. The van der Waals surface area contributed by atoms with Gasteiger partial charge in [-0.15, -0.1) is 0 Å². The van der Waals surface area contributed by atoms with Gasteiger partial charge in [-0.2, -0.15) is 5.26 Å². The molecule has 0 atom stereocenters. The molecule has 0 saturated heterocycles. The number of hydrogen-bond acceptors (Lipinski definition) is 3. The predicted molar refractivity (Wildman–Crippen MR) is 56.3 cm³/mol. The van der Waals surface area contributed by atoms with Crippen molar-refractivity contribution in [2.24, 2.45) is 0 Å². The first kappa shape index (κ1) is 10.8. The lowest BCUT2D eigenvalue weighted by atomic mass is 10.1. The number of nitrogens with one attached hydrogen (secondary N) is 1. The summed E-state index contributed by atoms with van der Waals surface area (Å²) < 4.78 is 0. The molecule has 2 N–H and O–H groups in total. The number of carbonyl (C=O) groups is 1. The third kappa shape index (κ3) is 2.85. The monoisotopic (exact) mass is 202 g/mol. The molecule has 0 fully saturated rings. The summed E-state index contributed by atoms with van der Waals surface area (Å²) >= 11 is 0. The molecule has 0 bridgehead atoms. The Bertz CT molecular complexity index is 444. The summed E-state index contributed by atoms with van der Waals surface area (Å²) in [6.07, 6.45) is 2.27. The number of carboxylic acid groups (broad SMARTS) is 1. The Labute approximate surface area is 87.5 Å². The van der Waals surface area contributed by atoms with Crippen molar-refractivity contribution in [3.63, 3.8) is 0 Å². The molecule has 0 radical (unpaired) electrons. The van der Waals surface area contributed by atoms with Gasteiger partial charge in [0.25, 0.3) is 0 Å². The minimum Gasteiger partial charge on any atom is -0.478 e. The summed E-state index contributed by atoms with van der Waals surface area (Å²) in [4.78, 5) is 10.2. The Kier molecular flexibility index (Phi) is 3.47. The average molecular weight is 202 g/mol. The van der Waals surface area contributed by atoms with Crippen LogP contribution in [0.3, 0.4) is 0 Å². The first-order valence-corrected chi connectivity index (χ1v) is 4.31. The Hall–Kier alpha value is -2.28. The van der Waals surface area contributed by atoms with Crippen LogP contribution in [0.5, 0.6) is 0 Å². The zero-order valence-corrected chi connectivity index (χ0v) is 8.19. The summed E-state index contributed by atoms with van der Waals surface area (Å²) in [6.45, 7) is 1.82. The first-order chi connectivity index (χ1) is 7.15. The van der Waals surface area contributed by atoms with Crippen LogP contribution in [0, 0.1) is 18.3 Å². The molecule has 4 nitrogen and oxygen atoms in total. The van der Waals surface area contributed by atoms with Crippen molar-refractivity contribution < 1.29 is 9.90 Å². The second-order valence-electron chi connectivity index (χ2n) is 2.93. The van der Waals surface area contributed by atoms with Crippen LogP contribution >= 0.6 is 0 Å². The molecule has 0 heterocycles. The van der Waals surface area contributed by atoms with Crippen molar-refractivity contribution in [1.29, 1.82) is 5.26 Å². The number of aliphatic carboxylic acids is 1. The van der Waals surface area contributed by atoms with E-state index in [-0.39, 0.29) is 0 Å². The fraction of sp³-hybridized carbons (Fsp3) is 0.0909. The maximum absolute atomic E-state index is 10.2. The highest BCUT2D eigenvalue weighted by atomic mass is 16.4. The van der Waals surface area contributed by atoms with Gasteiger partial charge < -0.3 is 10.4 Å². The molecule has 1 rings (SSSR count). The summed E-state index contributed by atoms with van der Waals surface area (Å²) in [7, 11) is 0. The van der Waals surface area contributed by atoms with Crippen molar-refractivity contribution in [1.82, 2.24) is 0 Å². The minimum atomic E-state index is -1.03. The Morgan fingerprint density at radius 1 is 1.60 bits per heavy atom. The van der Waals surface area contributed by atoms with Crippen molar-refractivity contribution in [2.75, 3.05) is 5.32 Å². The van der Waals surface area contributed by atoms with Crippen molar-refractivity contribution in [3.05, 3.63) is 41.6 Å². The van der Waals surface area contributed by atoms with E-state index < -0.39 is 5.97 Å². The lowest BCUT2D eigenvalue weighted by Crippen LogP contribution is -1.95. The Morgan fingerprint density at radius 2 is 2.33 bits per heavy atom. The summed E-state index contributed by atoms with van der Waals surface area (Å²) in [5, 5.41) is 20.0. The van der Waals surface area contributed by atoms with Crippen LogP contribution in [-0.4, -0.2) is 11.1 Å². The minimum absolute atomic E-state index is 0.521. The quantitative estimate of drug-likeness (QED) is 0.734. The van der Waals surface area contributed by atoms with Crippen LogP contribution in [0.25, 0.3) is 0 Å². The van der Waals surface area contributed by atoms with Gasteiger partial charge in [-0.05, 0) is 18.6 Å². The third-order valence-electron chi connectivity index (χ3n) is 1.85. The van der Waals surface area contributed by atoms with Crippen molar-refractivity contribution in [2.45, 2.75) is 6.92 Å². The SMILES string of the molecule is Cc1cccc(N/C=C/C(=O)O)c1C#N. The van der Waals surface area contributed by atoms with E-state index in [4.69, 9.17) is 10.4 Å². The van der Waals surface area contributed by atoms with Crippen LogP contribution < -0.4 is 5.32 Å². The maximum Gasteiger partial charge on any atom is 0.329 e. The fourth-order valence-electron chi connectivity index (χ4n) is 1.14. The number of aryl methyl sites for hydroxylation is 1. The van der Waals surface area contributed by atoms with Crippen LogP contribution in [-0.2, 0) is 4.79 Å². The number of carboxylic acids is 1. The average Bonchev–Trinajstić information content (AvgIpc) is 2.17. The summed E-state index contributed by atoms with van der Waals surface area (Å²) in [5.74, 6) is -1.03. The van der Waals surface area contributed by atoms with Crippen LogP contribution in [0.4, 0.5) is 5.69 Å². The second kappa shape index (κ2) is 4.82. The highest BCUT2D eigenvalue weighted by Gasteiger charge is 2.02. The van der Waals surface area contributed by atoms with E-state index in [0.29, 0.717) is 11.3 Å². The van der Waals surface area contributed by atoms with Crippen LogP contribution in [0.1, 0.15) is 11.1 Å². The molecule has 15 heavy (non-hydrogen) atoms. The zero-order chi connectivity index (χ0) is 11.3. The molecule has 0 saturated carbocycles. The van der Waals surface area contributed by atoms with Gasteiger partial charge in [0.1, 0.15) is 6.07 Å². The van der Waals surface area contributed by atoms with E-state index in [1.807, 2.05) is 13.0 Å². The predicted octanol–water partition coefficient (Wildman–Crippen LogP) is 1.88. The lowest BCUT2D eigenvalue weighted by Gasteiger charge is -2.04. The van der Waals surface area contributed by atoms with E-state index in [9.17, 15) is 4.79 Å². The van der Waals surface area contributed by atoms with Gasteiger partial charge in [-0.3, -0.25) is 0 Å². The van der Waals surface area contributed by atoms with Crippen molar-refractivity contribution >= 4 is 11.7 Å². The number of hydrogen-bond donors (Lipinski definition) is 2. The van der Waals surface area contributed by atoms with Gasteiger partial charge in [0.15, 0.2) is 0 Å². The molecule has 0 spiro atoms. The second-order valence-corrected chi connectivity index (χ2v) is 2.93. The highest BCUT2D eigenvalue weighted by molar-refractivity contribution is 5.80. The topological polar surface area (TPSA) is 73.1 Å². The van der Waals surface area contributed by atoms with Gasteiger partial charge in [0.05, 0.1) is 11.3 Å². The number of nitrogens with zero attached hydrogens (tertiary/aromatic N) is 1. The summed E-state index contributed by atoms with van der Waals surface area (Å²) in [6, 6.07) is 7.40. The van der Waals surface area contributed by atoms with E-state index >= 15 is 0 Å². The van der Waals surface area contributed by atoms with Gasteiger partial charge in [0, 0.05) is 12.3 Å². The maximum atomic E-state index is 10.2. The third-order valence-corrected chi connectivity index (χ3v) is 1.85. The van der Waals surface area contributed by atoms with Gasteiger partial charge in [-0.1, -0.05) is 12.1 Å². The normalized spacial score (nSPS) is 9.87. The van der Waals surface area contributed by atoms with E-state index in [1.54, 1.807) is 12.1 Å². The van der Waals surface area contributed by atoms with Gasteiger partial charge in [0.2, 0.25) is 0 Å². The Balaban J connectivity index is 2.91. The lowest BCUT2D eigenvalue weighted by molar-refractivity contribution is -0.131. The van der Waals surface area contributed by atoms with E-state index in [2.05, 4.69) is 11.4 Å². The molecule has 4 heteroatoms. The smallest absolute Gasteiger partial charge is 0.329 e. The first-order valence-electron chi connectivity index (χ1n) is 4.31. The van der Waals surface area contributed by atoms with E-state index in [0.717, 1.165) is 11.6 Å².